The first-order chi connectivity index (χ1) is 9.11. The molecule has 0 aliphatic rings. The number of carbonyl (C=O) groups is 1. The van der Waals surface area contributed by atoms with Gasteiger partial charge in [-0.3, -0.25) is 4.79 Å². The van der Waals surface area contributed by atoms with Crippen molar-refractivity contribution >= 4 is 29.0 Å². The molecule has 0 fully saturated rings. The maximum atomic E-state index is 12.2. The van der Waals surface area contributed by atoms with E-state index in [1.165, 1.54) is 6.20 Å². The summed E-state index contributed by atoms with van der Waals surface area (Å²) in [6.07, 6.45) is 2.65. The summed E-state index contributed by atoms with van der Waals surface area (Å²) in [5, 5.41) is 8.61. The number of ketones is 1. The molecular weight excluding hydrogens is 285 g/mol. The van der Waals surface area contributed by atoms with E-state index in [4.69, 9.17) is 23.2 Å². The Morgan fingerprint density at radius 3 is 2.79 bits per heavy atom. The predicted octanol–water partition coefficient (Wildman–Crippen LogP) is 3.42. The van der Waals surface area contributed by atoms with Crippen molar-refractivity contribution in [1.29, 1.82) is 0 Å². The van der Waals surface area contributed by atoms with E-state index in [0.717, 1.165) is 12.0 Å². The van der Waals surface area contributed by atoms with Gasteiger partial charge in [0.25, 0.3) is 0 Å². The number of halogens is 2. The van der Waals surface area contributed by atoms with E-state index >= 15 is 0 Å². The van der Waals surface area contributed by atoms with Gasteiger partial charge in [-0.05, 0) is 24.1 Å². The molecule has 1 aromatic heterocycles. The van der Waals surface area contributed by atoms with E-state index in [-0.39, 0.29) is 12.2 Å². The second-order valence-electron chi connectivity index (χ2n) is 4.19. The number of hydrogen-bond acceptors (Lipinski definition) is 3. The summed E-state index contributed by atoms with van der Waals surface area (Å²) < 4.78 is 1.62. The molecule has 0 bridgehead atoms. The van der Waals surface area contributed by atoms with Crippen LogP contribution in [-0.2, 0) is 13.0 Å². The largest absolute Gasteiger partial charge is 0.292 e. The molecule has 0 amide bonds. The highest BCUT2D eigenvalue weighted by molar-refractivity contribution is 6.42. The molecule has 4 nitrogen and oxygen atoms in total. The maximum absolute atomic E-state index is 12.2. The second kappa shape index (κ2) is 6.17. The smallest absolute Gasteiger partial charge is 0.186 e. The third kappa shape index (κ3) is 3.33. The Bertz CT molecular complexity index is 595. The van der Waals surface area contributed by atoms with E-state index < -0.39 is 0 Å². The Labute approximate surface area is 121 Å². The Morgan fingerprint density at radius 1 is 1.32 bits per heavy atom. The Kier molecular flexibility index (Phi) is 4.56. The van der Waals surface area contributed by atoms with Crippen LogP contribution in [0, 0.1) is 0 Å². The van der Waals surface area contributed by atoms with Crippen molar-refractivity contribution in [2.75, 3.05) is 0 Å². The van der Waals surface area contributed by atoms with E-state index in [1.807, 2.05) is 6.92 Å². The van der Waals surface area contributed by atoms with Gasteiger partial charge in [0, 0.05) is 13.0 Å². The van der Waals surface area contributed by atoms with Crippen molar-refractivity contribution in [3.8, 4) is 0 Å². The topological polar surface area (TPSA) is 47.8 Å². The molecule has 100 valence electrons. The minimum absolute atomic E-state index is 0.0307. The molecule has 0 aliphatic heterocycles. The van der Waals surface area contributed by atoms with Crippen molar-refractivity contribution in [2.45, 2.75) is 26.3 Å². The third-order valence-corrected chi connectivity index (χ3v) is 3.43. The first-order valence-electron chi connectivity index (χ1n) is 5.97. The standard InChI is InChI=1S/C13H13Cl2N3O/c1-2-5-18-12(8-16-17-18)13(19)7-9-3-4-10(14)11(15)6-9/h3-4,6,8H,2,5,7H2,1H3. The molecule has 0 aliphatic carbocycles. The van der Waals surface area contributed by atoms with Crippen LogP contribution in [0.3, 0.4) is 0 Å². The number of nitrogens with zero attached hydrogens (tertiary/aromatic N) is 3. The highest BCUT2D eigenvalue weighted by atomic mass is 35.5. The third-order valence-electron chi connectivity index (χ3n) is 2.69. The van der Waals surface area contributed by atoms with Crippen LogP contribution in [-0.4, -0.2) is 20.8 Å². The second-order valence-corrected chi connectivity index (χ2v) is 5.01. The van der Waals surface area contributed by atoms with Crippen molar-refractivity contribution in [2.24, 2.45) is 0 Å². The molecule has 0 saturated heterocycles. The number of rotatable bonds is 5. The van der Waals surface area contributed by atoms with Crippen molar-refractivity contribution in [1.82, 2.24) is 15.0 Å². The van der Waals surface area contributed by atoms with Gasteiger partial charge < -0.3 is 0 Å². The number of hydrogen-bond donors (Lipinski definition) is 0. The van der Waals surface area contributed by atoms with Crippen LogP contribution < -0.4 is 0 Å². The molecule has 0 atom stereocenters. The van der Waals surface area contributed by atoms with Crippen LogP contribution in [0.1, 0.15) is 29.4 Å². The lowest BCUT2D eigenvalue weighted by Gasteiger charge is -2.05. The molecule has 1 aromatic carbocycles. The van der Waals surface area contributed by atoms with E-state index in [0.29, 0.717) is 22.3 Å². The molecule has 0 spiro atoms. The Balaban J connectivity index is 2.16. The quantitative estimate of drug-likeness (QED) is 0.795. The lowest BCUT2D eigenvalue weighted by molar-refractivity contribution is 0.0982. The fourth-order valence-electron chi connectivity index (χ4n) is 1.78. The highest BCUT2D eigenvalue weighted by Gasteiger charge is 2.14. The maximum Gasteiger partial charge on any atom is 0.186 e. The first-order valence-corrected chi connectivity index (χ1v) is 6.73. The number of aryl methyl sites for hydroxylation is 1. The zero-order valence-electron chi connectivity index (χ0n) is 10.4. The SMILES string of the molecule is CCCn1nncc1C(=O)Cc1ccc(Cl)c(Cl)c1. The van der Waals surface area contributed by atoms with Crippen LogP contribution in [0.25, 0.3) is 0 Å². The summed E-state index contributed by atoms with van der Waals surface area (Å²) >= 11 is 11.8. The lowest BCUT2D eigenvalue weighted by Crippen LogP contribution is -2.12. The predicted molar refractivity (Wildman–Crippen MR) is 74.8 cm³/mol. The summed E-state index contributed by atoms with van der Waals surface area (Å²) in [7, 11) is 0. The molecule has 1 heterocycles. The van der Waals surface area contributed by atoms with Gasteiger partial charge in [0.1, 0.15) is 5.69 Å². The van der Waals surface area contributed by atoms with Crippen LogP contribution in [0.5, 0.6) is 0 Å². The molecule has 0 unspecified atom stereocenters. The first kappa shape index (κ1) is 14.0. The monoisotopic (exact) mass is 297 g/mol. The molecule has 0 radical (unpaired) electrons. The summed E-state index contributed by atoms with van der Waals surface area (Å²) in [5.41, 5.74) is 1.34. The number of Topliss-reactive ketones (excluding diaryl/α,β-unsaturated/α-hetero) is 1. The van der Waals surface area contributed by atoms with Crippen molar-refractivity contribution < 1.29 is 4.79 Å². The van der Waals surface area contributed by atoms with Crippen molar-refractivity contribution in [3.63, 3.8) is 0 Å². The van der Waals surface area contributed by atoms with Gasteiger partial charge in [0.15, 0.2) is 5.78 Å². The van der Waals surface area contributed by atoms with Gasteiger partial charge in [-0.15, -0.1) is 5.10 Å². The van der Waals surface area contributed by atoms with E-state index in [2.05, 4.69) is 10.3 Å². The Morgan fingerprint density at radius 2 is 2.11 bits per heavy atom. The van der Waals surface area contributed by atoms with Crippen molar-refractivity contribution in [3.05, 3.63) is 45.7 Å². The van der Waals surface area contributed by atoms with Gasteiger partial charge in [-0.25, -0.2) is 4.68 Å². The highest BCUT2D eigenvalue weighted by Crippen LogP contribution is 2.23. The zero-order chi connectivity index (χ0) is 13.8. The zero-order valence-corrected chi connectivity index (χ0v) is 11.9. The summed E-state index contributed by atoms with van der Waals surface area (Å²) in [4.78, 5) is 12.2. The van der Waals surface area contributed by atoms with Crippen LogP contribution in [0.4, 0.5) is 0 Å². The van der Waals surface area contributed by atoms with E-state index in [1.54, 1.807) is 22.9 Å². The summed E-state index contributed by atoms with van der Waals surface area (Å²) in [5.74, 6) is -0.0307. The summed E-state index contributed by atoms with van der Waals surface area (Å²) in [6, 6.07) is 5.18. The molecule has 2 rings (SSSR count). The van der Waals surface area contributed by atoms with Gasteiger partial charge in [-0.2, -0.15) is 0 Å². The molecule has 19 heavy (non-hydrogen) atoms. The molecule has 0 N–H and O–H groups in total. The average Bonchev–Trinajstić information content (AvgIpc) is 2.83. The van der Waals surface area contributed by atoms with Gasteiger partial charge in [-0.1, -0.05) is 41.4 Å². The molecule has 0 saturated carbocycles. The molecular formula is C13H13Cl2N3O. The van der Waals surface area contributed by atoms with Crippen LogP contribution in [0.2, 0.25) is 10.0 Å². The number of carbonyl (C=O) groups excluding carboxylic acids is 1. The van der Waals surface area contributed by atoms with Crippen LogP contribution >= 0.6 is 23.2 Å². The van der Waals surface area contributed by atoms with Gasteiger partial charge >= 0.3 is 0 Å². The van der Waals surface area contributed by atoms with E-state index in [9.17, 15) is 4.79 Å². The Hall–Kier alpha value is -1.39. The minimum atomic E-state index is -0.0307. The van der Waals surface area contributed by atoms with Gasteiger partial charge in [0.2, 0.25) is 0 Å². The number of benzene rings is 1. The fraction of sp³-hybridized carbons (Fsp3) is 0.308. The lowest BCUT2D eigenvalue weighted by atomic mass is 10.1. The molecule has 6 heteroatoms. The minimum Gasteiger partial charge on any atom is -0.292 e. The van der Waals surface area contributed by atoms with Crippen LogP contribution in [0.15, 0.2) is 24.4 Å². The normalized spacial score (nSPS) is 10.7. The fourth-order valence-corrected chi connectivity index (χ4v) is 2.10. The average molecular weight is 298 g/mol. The molecule has 2 aromatic rings. The summed E-state index contributed by atoms with van der Waals surface area (Å²) in [6.45, 7) is 2.71. The number of aromatic nitrogens is 3. The van der Waals surface area contributed by atoms with Gasteiger partial charge in [0.05, 0.1) is 16.2 Å².